The summed E-state index contributed by atoms with van der Waals surface area (Å²) in [5.74, 6) is 0.711. The first-order chi connectivity index (χ1) is 14.2. The van der Waals surface area contributed by atoms with Gasteiger partial charge in [0.2, 0.25) is 5.91 Å². The van der Waals surface area contributed by atoms with Crippen LogP contribution in [0.3, 0.4) is 0 Å². The molecule has 0 radical (unpaired) electrons. The Bertz CT molecular complexity index is 1070. The van der Waals surface area contributed by atoms with Crippen LogP contribution < -0.4 is 5.69 Å². The highest BCUT2D eigenvalue weighted by atomic mass is 32.1. The SMILES string of the molecule is O=C(Cn1c(=O)n(Cc2cccs2)c2ncccc21)N1CCC[C@@H]2CCCC[C@H]21. The smallest absolute Gasteiger partial charge is 0.331 e. The largest absolute Gasteiger partial charge is 0.338 e. The molecule has 29 heavy (non-hydrogen) atoms. The van der Waals surface area contributed by atoms with Crippen LogP contribution in [0.5, 0.6) is 0 Å². The van der Waals surface area contributed by atoms with Gasteiger partial charge in [0.15, 0.2) is 5.65 Å². The van der Waals surface area contributed by atoms with E-state index in [2.05, 4.69) is 9.88 Å². The number of hydrogen-bond donors (Lipinski definition) is 0. The van der Waals surface area contributed by atoms with Crippen molar-refractivity contribution in [2.75, 3.05) is 6.54 Å². The van der Waals surface area contributed by atoms with Crippen molar-refractivity contribution in [2.45, 2.75) is 57.7 Å². The first-order valence-corrected chi connectivity index (χ1v) is 11.5. The second kappa shape index (κ2) is 7.78. The molecule has 3 aromatic rings. The molecule has 6 nitrogen and oxygen atoms in total. The lowest BCUT2D eigenvalue weighted by molar-refractivity contribution is -0.138. The maximum absolute atomic E-state index is 13.3. The summed E-state index contributed by atoms with van der Waals surface area (Å²) >= 11 is 1.62. The number of imidazole rings is 1. The molecular weight excluding hydrogens is 384 g/mol. The summed E-state index contributed by atoms with van der Waals surface area (Å²) in [6.45, 7) is 1.40. The fraction of sp³-hybridized carbons (Fsp3) is 0.500. The van der Waals surface area contributed by atoms with Gasteiger partial charge in [0.1, 0.15) is 6.54 Å². The van der Waals surface area contributed by atoms with E-state index in [0.29, 0.717) is 24.2 Å². The highest BCUT2D eigenvalue weighted by molar-refractivity contribution is 7.09. The number of carbonyl (C=O) groups is 1. The molecule has 0 unspecified atom stereocenters. The lowest BCUT2D eigenvalue weighted by Crippen LogP contribution is -2.51. The van der Waals surface area contributed by atoms with E-state index in [1.54, 1.807) is 26.7 Å². The number of nitrogens with zero attached hydrogens (tertiary/aromatic N) is 4. The summed E-state index contributed by atoms with van der Waals surface area (Å²) in [6.07, 6.45) is 8.84. The quantitative estimate of drug-likeness (QED) is 0.662. The molecule has 0 spiro atoms. The minimum absolute atomic E-state index is 0.0720. The predicted octanol–water partition coefficient (Wildman–Crippen LogP) is 3.49. The molecule has 1 aliphatic carbocycles. The van der Waals surface area contributed by atoms with E-state index in [-0.39, 0.29) is 18.1 Å². The average molecular weight is 411 g/mol. The molecule has 1 saturated heterocycles. The highest BCUT2D eigenvalue weighted by Crippen LogP contribution is 2.35. The molecule has 152 valence electrons. The van der Waals surface area contributed by atoms with E-state index < -0.39 is 0 Å². The summed E-state index contributed by atoms with van der Waals surface area (Å²) in [4.78, 5) is 34.1. The van der Waals surface area contributed by atoms with Crippen LogP contribution in [0.2, 0.25) is 0 Å². The molecule has 2 aliphatic rings. The standard InChI is InChI=1S/C22H26N4O2S/c27-20(24-12-4-7-16-6-1-2-9-18(16)24)15-25-19-10-3-11-23-21(19)26(22(25)28)14-17-8-5-13-29-17/h3,5,8,10-11,13,16,18H,1-2,4,6-7,9,12,14-15H2/t16-,18+/m0/s1. The molecule has 2 fully saturated rings. The van der Waals surface area contributed by atoms with Crippen LogP contribution in [-0.4, -0.2) is 37.5 Å². The van der Waals surface area contributed by atoms with Gasteiger partial charge in [-0.25, -0.2) is 9.78 Å². The number of amides is 1. The van der Waals surface area contributed by atoms with Gasteiger partial charge >= 0.3 is 5.69 Å². The molecule has 3 aromatic heterocycles. The highest BCUT2D eigenvalue weighted by Gasteiger charge is 2.36. The van der Waals surface area contributed by atoms with Crippen molar-refractivity contribution in [3.8, 4) is 0 Å². The molecule has 1 aliphatic heterocycles. The van der Waals surface area contributed by atoms with Crippen LogP contribution in [0.1, 0.15) is 43.4 Å². The lowest BCUT2D eigenvalue weighted by Gasteiger charge is -2.44. The van der Waals surface area contributed by atoms with Gasteiger partial charge in [-0.3, -0.25) is 13.9 Å². The number of hydrogen-bond acceptors (Lipinski definition) is 4. The predicted molar refractivity (Wildman–Crippen MR) is 114 cm³/mol. The number of thiophene rings is 1. The van der Waals surface area contributed by atoms with Gasteiger partial charge in [0.25, 0.3) is 0 Å². The number of pyridine rings is 1. The van der Waals surface area contributed by atoms with Crippen LogP contribution >= 0.6 is 11.3 Å². The van der Waals surface area contributed by atoms with E-state index in [4.69, 9.17) is 0 Å². The summed E-state index contributed by atoms with van der Waals surface area (Å²) < 4.78 is 3.30. The summed E-state index contributed by atoms with van der Waals surface area (Å²) in [7, 11) is 0. The zero-order chi connectivity index (χ0) is 19.8. The van der Waals surface area contributed by atoms with Crippen molar-refractivity contribution in [2.24, 2.45) is 5.92 Å². The Morgan fingerprint density at radius 3 is 2.83 bits per heavy atom. The van der Waals surface area contributed by atoms with Crippen molar-refractivity contribution in [3.63, 3.8) is 0 Å². The lowest BCUT2D eigenvalue weighted by atomic mass is 9.78. The zero-order valence-electron chi connectivity index (χ0n) is 16.5. The number of piperidine rings is 1. The molecular formula is C22H26N4O2S. The van der Waals surface area contributed by atoms with E-state index in [1.165, 1.54) is 25.7 Å². The Kier molecular flexibility index (Phi) is 4.99. The normalized spacial score (nSPS) is 22.0. The van der Waals surface area contributed by atoms with Gasteiger partial charge in [0, 0.05) is 23.7 Å². The third-order valence-electron chi connectivity index (χ3n) is 6.53. The third kappa shape index (κ3) is 3.41. The van der Waals surface area contributed by atoms with Gasteiger partial charge in [-0.05, 0) is 55.2 Å². The number of aromatic nitrogens is 3. The number of fused-ring (bicyclic) bond motifs is 2. The van der Waals surface area contributed by atoms with E-state index in [0.717, 1.165) is 29.8 Å². The van der Waals surface area contributed by atoms with Crippen LogP contribution in [0.25, 0.3) is 11.2 Å². The summed E-state index contributed by atoms with van der Waals surface area (Å²) in [5.41, 5.74) is 1.23. The van der Waals surface area contributed by atoms with Gasteiger partial charge < -0.3 is 4.90 Å². The molecule has 0 bridgehead atoms. The van der Waals surface area contributed by atoms with E-state index >= 15 is 0 Å². The minimum atomic E-state index is -0.155. The summed E-state index contributed by atoms with van der Waals surface area (Å²) in [5, 5.41) is 2.01. The number of rotatable bonds is 4. The molecule has 7 heteroatoms. The molecule has 1 amide bonds. The van der Waals surface area contributed by atoms with Gasteiger partial charge in [-0.1, -0.05) is 18.9 Å². The Morgan fingerprint density at radius 2 is 1.97 bits per heavy atom. The fourth-order valence-corrected chi connectivity index (χ4v) is 5.85. The van der Waals surface area contributed by atoms with Crippen LogP contribution in [0.15, 0.2) is 40.6 Å². The molecule has 0 N–H and O–H groups in total. The first-order valence-electron chi connectivity index (χ1n) is 10.6. The molecule has 0 aromatic carbocycles. The molecule has 1 saturated carbocycles. The minimum Gasteiger partial charge on any atom is -0.338 e. The third-order valence-corrected chi connectivity index (χ3v) is 7.39. The molecule has 5 rings (SSSR count). The Hall–Kier alpha value is -2.41. The molecule has 2 atom stereocenters. The number of likely N-dealkylation sites (tertiary alicyclic amines) is 1. The van der Waals surface area contributed by atoms with E-state index in [9.17, 15) is 9.59 Å². The maximum atomic E-state index is 13.3. The average Bonchev–Trinajstić information content (AvgIpc) is 3.36. The second-order valence-electron chi connectivity index (χ2n) is 8.22. The first kappa shape index (κ1) is 18.6. The van der Waals surface area contributed by atoms with E-state index in [1.807, 2.05) is 29.6 Å². The Labute approximate surface area is 173 Å². The van der Waals surface area contributed by atoms with Crippen molar-refractivity contribution in [1.29, 1.82) is 0 Å². The Balaban J connectivity index is 1.46. The van der Waals surface area contributed by atoms with Gasteiger partial charge in [-0.15, -0.1) is 11.3 Å². The van der Waals surface area contributed by atoms with Crippen LogP contribution in [0, 0.1) is 5.92 Å². The Morgan fingerprint density at radius 1 is 1.10 bits per heavy atom. The van der Waals surface area contributed by atoms with Crippen LogP contribution in [0.4, 0.5) is 0 Å². The van der Waals surface area contributed by atoms with Crippen LogP contribution in [-0.2, 0) is 17.9 Å². The van der Waals surface area contributed by atoms with Crippen molar-refractivity contribution in [3.05, 3.63) is 51.2 Å². The second-order valence-corrected chi connectivity index (χ2v) is 9.25. The van der Waals surface area contributed by atoms with Crippen molar-refractivity contribution >= 4 is 28.4 Å². The van der Waals surface area contributed by atoms with Crippen molar-refractivity contribution in [1.82, 2.24) is 19.0 Å². The summed E-state index contributed by atoms with van der Waals surface area (Å²) in [6, 6.07) is 8.08. The number of carbonyl (C=O) groups excluding carboxylic acids is 1. The van der Waals surface area contributed by atoms with Crippen molar-refractivity contribution < 1.29 is 4.79 Å². The topological polar surface area (TPSA) is 60.1 Å². The maximum Gasteiger partial charge on any atom is 0.331 e. The molecule has 4 heterocycles. The zero-order valence-corrected chi connectivity index (χ0v) is 17.3. The fourth-order valence-electron chi connectivity index (χ4n) is 5.16. The monoisotopic (exact) mass is 410 g/mol. The van der Waals surface area contributed by atoms with Gasteiger partial charge in [-0.2, -0.15) is 0 Å². The van der Waals surface area contributed by atoms with Gasteiger partial charge in [0.05, 0.1) is 12.1 Å².